The molecule has 0 amide bonds. The maximum Gasteiger partial charge on any atom is 0.337 e. The number of ether oxygens (including phenoxy) is 3. The fraction of sp³-hybridized carbons (Fsp3) is 0.212. The van der Waals surface area contributed by atoms with Gasteiger partial charge in [-0.3, -0.25) is 0 Å². The Hall–Kier alpha value is -5.18. The van der Waals surface area contributed by atoms with Crippen LogP contribution in [0.2, 0.25) is 0 Å². The van der Waals surface area contributed by atoms with Crippen molar-refractivity contribution in [2.75, 3.05) is 20.8 Å². The van der Waals surface area contributed by atoms with E-state index < -0.39 is 17.6 Å². The van der Waals surface area contributed by atoms with E-state index in [-0.39, 0.29) is 42.7 Å². The van der Waals surface area contributed by atoms with E-state index in [9.17, 15) is 9.18 Å². The van der Waals surface area contributed by atoms with Crippen molar-refractivity contribution < 1.29 is 27.8 Å². The Morgan fingerprint density at radius 2 is 1.80 bits per heavy atom. The van der Waals surface area contributed by atoms with E-state index in [2.05, 4.69) is 4.98 Å². The third-order valence-electron chi connectivity index (χ3n) is 7.21. The van der Waals surface area contributed by atoms with Gasteiger partial charge in [-0.15, -0.1) is 0 Å². The number of methoxy groups -OCH3 is 2. The molecule has 3 aromatic carbocycles. The van der Waals surface area contributed by atoms with Crippen LogP contribution in [0.4, 0.5) is 8.78 Å². The van der Waals surface area contributed by atoms with Crippen LogP contribution < -0.4 is 10.5 Å². The number of nitrogens with two attached hydrogens (primary N) is 1. The maximum absolute atomic E-state index is 15.5. The van der Waals surface area contributed by atoms with Gasteiger partial charge >= 0.3 is 5.97 Å². The van der Waals surface area contributed by atoms with Gasteiger partial charge in [0.25, 0.3) is 0 Å². The number of fused-ring (bicyclic) bond motifs is 1. The first-order valence-corrected chi connectivity index (χ1v) is 13.7. The van der Waals surface area contributed by atoms with E-state index in [4.69, 9.17) is 30.2 Å². The molecule has 0 radical (unpaired) electrons. The highest BCUT2D eigenvalue weighted by atomic mass is 19.1. The van der Waals surface area contributed by atoms with E-state index in [1.54, 1.807) is 55.6 Å². The predicted octanol–water partition coefficient (Wildman–Crippen LogP) is 5.18. The van der Waals surface area contributed by atoms with Crippen LogP contribution in [-0.2, 0) is 29.0 Å². The van der Waals surface area contributed by atoms with Crippen LogP contribution >= 0.6 is 0 Å². The number of nitriles is 1. The molecular formula is C33H29F2N5O4. The zero-order chi connectivity index (χ0) is 31.2. The zero-order valence-corrected chi connectivity index (χ0v) is 24.1. The van der Waals surface area contributed by atoms with Crippen LogP contribution in [0.3, 0.4) is 0 Å². The summed E-state index contributed by atoms with van der Waals surface area (Å²) >= 11 is 0. The zero-order valence-electron chi connectivity index (χ0n) is 24.1. The van der Waals surface area contributed by atoms with Crippen LogP contribution in [0.5, 0.6) is 5.88 Å². The summed E-state index contributed by atoms with van der Waals surface area (Å²) in [6, 6.07) is 21.0. The van der Waals surface area contributed by atoms with Gasteiger partial charge in [0.2, 0.25) is 5.88 Å². The van der Waals surface area contributed by atoms with Crippen molar-refractivity contribution in [3.63, 3.8) is 0 Å². The number of nitrogens with zero attached hydrogens (tertiary/aromatic N) is 4. The Morgan fingerprint density at radius 1 is 1.00 bits per heavy atom. The lowest BCUT2D eigenvalue weighted by Gasteiger charge is -2.17. The van der Waals surface area contributed by atoms with Gasteiger partial charge in [0, 0.05) is 37.3 Å². The van der Waals surface area contributed by atoms with Crippen LogP contribution in [0.15, 0.2) is 72.8 Å². The minimum Gasteiger partial charge on any atom is -0.473 e. The molecule has 5 aromatic rings. The van der Waals surface area contributed by atoms with Crippen molar-refractivity contribution in [3.05, 3.63) is 113 Å². The van der Waals surface area contributed by atoms with Gasteiger partial charge in [0.05, 0.1) is 53.7 Å². The molecule has 44 heavy (non-hydrogen) atoms. The van der Waals surface area contributed by atoms with Crippen molar-refractivity contribution in [1.29, 1.82) is 5.26 Å². The van der Waals surface area contributed by atoms with Gasteiger partial charge < -0.3 is 24.5 Å². The van der Waals surface area contributed by atoms with Crippen molar-refractivity contribution >= 4 is 17.0 Å². The molecule has 2 heterocycles. The third-order valence-corrected chi connectivity index (χ3v) is 7.21. The lowest BCUT2D eigenvalue weighted by Crippen LogP contribution is -2.28. The highest BCUT2D eigenvalue weighted by Gasteiger charge is 2.19. The van der Waals surface area contributed by atoms with Gasteiger partial charge in [-0.2, -0.15) is 5.26 Å². The topological polar surface area (TPSA) is 125 Å². The summed E-state index contributed by atoms with van der Waals surface area (Å²) in [6.07, 6.45) is -0.156. The molecule has 0 aliphatic carbocycles. The number of pyridine rings is 1. The minimum atomic E-state index is -0.545. The molecule has 0 unspecified atom stereocenters. The summed E-state index contributed by atoms with van der Waals surface area (Å²) in [5.41, 5.74) is 9.47. The van der Waals surface area contributed by atoms with E-state index in [1.807, 2.05) is 10.6 Å². The second-order valence-corrected chi connectivity index (χ2v) is 9.98. The fourth-order valence-electron chi connectivity index (χ4n) is 4.77. The van der Waals surface area contributed by atoms with Gasteiger partial charge in [0.1, 0.15) is 24.1 Å². The summed E-state index contributed by atoms with van der Waals surface area (Å²) in [5, 5.41) is 8.92. The van der Waals surface area contributed by atoms with E-state index in [0.717, 1.165) is 6.07 Å². The van der Waals surface area contributed by atoms with Crippen molar-refractivity contribution in [3.8, 4) is 23.2 Å². The normalized spacial score (nSPS) is 11.7. The number of carbonyl (C=O) groups excluding carboxylic acids is 1. The minimum absolute atomic E-state index is 0.0858. The van der Waals surface area contributed by atoms with Crippen LogP contribution in [-0.4, -0.2) is 47.4 Å². The number of esters is 1. The second kappa shape index (κ2) is 13.4. The molecule has 0 saturated carbocycles. The van der Waals surface area contributed by atoms with Crippen molar-refractivity contribution in [2.45, 2.75) is 25.7 Å². The average Bonchev–Trinajstić information content (AvgIpc) is 3.39. The SMILES string of the molecule is COC(=O)c1ccc2nc(Cc3ccc(-c4cccc(OCc5ccc(C#N)cc5F)n4)cc3F)n(C[C@H](CN)OC)c2c1. The molecule has 11 heteroatoms. The quantitative estimate of drug-likeness (QED) is 0.207. The Morgan fingerprint density at radius 3 is 2.50 bits per heavy atom. The molecule has 0 fully saturated rings. The third kappa shape index (κ3) is 6.57. The molecule has 0 spiro atoms. The summed E-state index contributed by atoms with van der Waals surface area (Å²) in [7, 11) is 2.88. The molecule has 224 valence electrons. The smallest absolute Gasteiger partial charge is 0.337 e. The monoisotopic (exact) mass is 597 g/mol. The van der Waals surface area contributed by atoms with E-state index in [0.29, 0.717) is 45.8 Å². The molecule has 0 aliphatic rings. The predicted molar refractivity (Wildman–Crippen MR) is 159 cm³/mol. The molecule has 0 saturated heterocycles. The van der Waals surface area contributed by atoms with Gasteiger partial charge in [-0.25, -0.2) is 23.5 Å². The maximum atomic E-state index is 15.5. The molecular weight excluding hydrogens is 568 g/mol. The first-order valence-electron chi connectivity index (χ1n) is 13.7. The number of rotatable bonds is 11. The summed E-state index contributed by atoms with van der Waals surface area (Å²) < 4.78 is 47.7. The van der Waals surface area contributed by atoms with Gasteiger partial charge in [-0.05, 0) is 48.0 Å². The first-order chi connectivity index (χ1) is 21.3. The molecule has 5 rings (SSSR count). The molecule has 2 aromatic heterocycles. The number of halogens is 2. The summed E-state index contributed by atoms with van der Waals surface area (Å²) in [6.45, 7) is 0.525. The number of carbonyl (C=O) groups is 1. The number of hydrogen-bond acceptors (Lipinski definition) is 8. The highest BCUT2D eigenvalue weighted by molar-refractivity contribution is 5.93. The molecule has 2 N–H and O–H groups in total. The van der Waals surface area contributed by atoms with Gasteiger partial charge in [-0.1, -0.05) is 24.3 Å². The molecule has 9 nitrogen and oxygen atoms in total. The number of benzene rings is 3. The van der Waals surface area contributed by atoms with Crippen LogP contribution in [0.1, 0.15) is 32.9 Å². The highest BCUT2D eigenvalue weighted by Crippen LogP contribution is 2.26. The summed E-state index contributed by atoms with van der Waals surface area (Å²) in [5.74, 6) is -0.659. The van der Waals surface area contributed by atoms with Crippen molar-refractivity contribution in [1.82, 2.24) is 14.5 Å². The Labute approximate surface area is 252 Å². The van der Waals surface area contributed by atoms with Crippen molar-refractivity contribution in [2.24, 2.45) is 5.73 Å². The molecule has 0 bridgehead atoms. The van der Waals surface area contributed by atoms with E-state index >= 15 is 4.39 Å². The standard InChI is InChI=1S/C33H29F2N5O4/c1-42-25(17-37)18-40-30-14-23(33(41)43-2)10-11-29(30)38-31(40)15-21-8-9-22(13-27(21)35)28-4-3-5-32(39-28)44-19-24-7-6-20(16-36)12-26(24)34/h3-14,25H,15,17-19,37H2,1-2H3/t25-/m0/s1. The average molecular weight is 598 g/mol. The Kier molecular flexibility index (Phi) is 9.23. The number of aromatic nitrogens is 3. The lowest BCUT2D eigenvalue weighted by molar-refractivity contribution is 0.0601. The number of imidazole rings is 1. The van der Waals surface area contributed by atoms with Gasteiger partial charge in [0.15, 0.2) is 0 Å². The second-order valence-electron chi connectivity index (χ2n) is 9.98. The number of hydrogen-bond donors (Lipinski definition) is 1. The molecule has 0 aliphatic heterocycles. The first kappa shape index (κ1) is 30.3. The largest absolute Gasteiger partial charge is 0.473 e. The fourth-order valence-corrected chi connectivity index (χ4v) is 4.77. The van der Waals surface area contributed by atoms with Crippen LogP contribution in [0, 0.1) is 23.0 Å². The van der Waals surface area contributed by atoms with Crippen LogP contribution in [0.25, 0.3) is 22.3 Å². The Balaban J connectivity index is 1.39. The van der Waals surface area contributed by atoms with E-state index in [1.165, 1.54) is 25.3 Å². The molecule has 1 atom stereocenters. The lowest BCUT2D eigenvalue weighted by atomic mass is 10.1. The summed E-state index contributed by atoms with van der Waals surface area (Å²) in [4.78, 5) is 21.4. The Bertz CT molecular complexity index is 1860.